The maximum atomic E-state index is 12.8. The number of hydrogen-bond donors (Lipinski definition) is 1. The van der Waals surface area contributed by atoms with Gasteiger partial charge in [0.1, 0.15) is 11.5 Å². The molecule has 0 fully saturated rings. The van der Waals surface area contributed by atoms with Crippen molar-refractivity contribution in [2.45, 2.75) is 13.0 Å². The lowest BCUT2D eigenvalue weighted by Gasteiger charge is -2.27. The summed E-state index contributed by atoms with van der Waals surface area (Å²) in [5.41, 5.74) is 4.16. The second-order valence-electron chi connectivity index (χ2n) is 6.20. The van der Waals surface area contributed by atoms with Crippen LogP contribution in [0, 0.1) is 0 Å². The first-order valence-corrected chi connectivity index (χ1v) is 8.30. The van der Waals surface area contributed by atoms with Crippen LogP contribution in [0.25, 0.3) is 10.9 Å². The highest BCUT2D eigenvalue weighted by molar-refractivity contribution is 5.95. The van der Waals surface area contributed by atoms with Gasteiger partial charge in [0.2, 0.25) is 0 Å². The van der Waals surface area contributed by atoms with Crippen LogP contribution in [0.2, 0.25) is 0 Å². The zero-order chi connectivity index (χ0) is 17.4. The first-order chi connectivity index (χ1) is 12.2. The predicted octanol–water partition coefficient (Wildman–Crippen LogP) is 3.38. The SMILES string of the molecule is COc1ccc(C(=O)N2CCc3[nH]c4ccc(OC)cc4c3C2)cc1. The van der Waals surface area contributed by atoms with Crippen molar-refractivity contribution in [3.8, 4) is 11.5 Å². The number of nitrogens with zero attached hydrogens (tertiary/aromatic N) is 1. The van der Waals surface area contributed by atoms with E-state index < -0.39 is 0 Å². The zero-order valence-electron chi connectivity index (χ0n) is 14.3. The Morgan fingerprint density at radius 3 is 2.48 bits per heavy atom. The summed E-state index contributed by atoms with van der Waals surface area (Å²) in [5, 5.41) is 1.13. The smallest absolute Gasteiger partial charge is 0.254 e. The van der Waals surface area contributed by atoms with Crippen molar-refractivity contribution in [2.75, 3.05) is 20.8 Å². The van der Waals surface area contributed by atoms with Gasteiger partial charge in [0.15, 0.2) is 0 Å². The lowest BCUT2D eigenvalue weighted by molar-refractivity contribution is 0.0735. The maximum Gasteiger partial charge on any atom is 0.254 e. The van der Waals surface area contributed by atoms with E-state index >= 15 is 0 Å². The monoisotopic (exact) mass is 336 g/mol. The van der Waals surface area contributed by atoms with E-state index in [4.69, 9.17) is 9.47 Å². The van der Waals surface area contributed by atoms with E-state index in [1.165, 1.54) is 11.3 Å². The number of carbonyl (C=O) groups is 1. The average Bonchev–Trinajstić information content (AvgIpc) is 3.04. The van der Waals surface area contributed by atoms with Crippen LogP contribution < -0.4 is 9.47 Å². The molecule has 0 spiro atoms. The van der Waals surface area contributed by atoms with Crippen molar-refractivity contribution < 1.29 is 14.3 Å². The first kappa shape index (κ1) is 15.6. The van der Waals surface area contributed by atoms with Crippen molar-refractivity contribution in [2.24, 2.45) is 0 Å². The molecule has 1 aliphatic heterocycles. The van der Waals surface area contributed by atoms with Crippen molar-refractivity contribution in [1.29, 1.82) is 0 Å². The number of amides is 1. The van der Waals surface area contributed by atoms with Gasteiger partial charge in [-0.05, 0) is 42.5 Å². The van der Waals surface area contributed by atoms with Gasteiger partial charge >= 0.3 is 0 Å². The molecule has 128 valence electrons. The van der Waals surface area contributed by atoms with Gasteiger partial charge in [-0.2, -0.15) is 0 Å². The van der Waals surface area contributed by atoms with E-state index in [0.717, 1.165) is 28.8 Å². The number of carbonyl (C=O) groups excluding carboxylic acids is 1. The van der Waals surface area contributed by atoms with Crippen LogP contribution in [0.15, 0.2) is 42.5 Å². The Morgan fingerprint density at radius 1 is 1.04 bits per heavy atom. The lowest BCUT2D eigenvalue weighted by Crippen LogP contribution is -2.35. The first-order valence-electron chi connectivity index (χ1n) is 8.30. The Kier molecular flexibility index (Phi) is 3.84. The predicted molar refractivity (Wildman–Crippen MR) is 96.3 cm³/mol. The largest absolute Gasteiger partial charge is 0.497 e. The number of H-pyrrole nitrogens is 1. The fourth-order valence-corrected chi connectivity index (χ4v) is 3.41. The topological polar surface area (TPSA) is 54.6 Å². The second-order valence-corrected chi connectivity index (χ2v) is 6.20. The molecule has 1 N–H and O–H groups in total. The van der Waals surface area contributed by atoms with Crippen molar-refractivity contribution >= 4 is 16.8 Å². The fourth-order valence-electron chi connectivity index (χ4n) is 3.41. The Balaban J connectivity index is 1.64. The Bertz CT molecular complexity index is 928. The summed E-state index contributed by atoms with van der Waals surface area (Å²) in [4.78, 5) is 18.2. The van der Waals surface area contributed by atoms with Crippen LogP contribution in [0.5, 0.6) is 11.5 Å². The minimum atomic E-state index is 0.0468. The summed E-state index contributed by atoms with van der Waals surface area (Å²) in [6.07, 6.45) is 0.828. The van der Waals surface area contributed by atoms with Crippen LogP contribution in [0.1, 0.15) is 21.6 Å². The molecular weight excluding hydrogens is 316 g/mol. The number of hydrogen-bond acceptors (Lipinski definition) is 3. The van der Waals surface area contributed by atoms with E-state index in [0.29, 0.717) is 18.7 Å². The molecule has 25 heavy (non-hydrogen) atoms. The van der Waals surface area contributed by atoms with E-state index in [1.807, 2.05) is 47.4 Å². The second kappa shape index (κ2) is 6.16. The molecule has 0 saturated carbocycles. The molecule has 1 amide bonds. The number of benzene rings is 2. The molecule has 0 unspecified atom stereocenters. The normalized spacial score (nSPS) is 13.6. The summed E-state index contributed by atoms with van der Waals surface area (Å²) in [5.74, 6) is 1.62. The molecular formula is C20H20N2O3. The molecule has 1 aliphatic rings. The molecule has 0 bridgehead atoms. The summed E-state index contributed by atoms with van der Waals surface area (Å²) >= 11 is 0. The van der Waals surface area contributed by atoms with Crippen LogP contribution in [-0.4, -0.2) is 36.6 Å². The van der Waals surface area contributed by atoms with Gasteiger partial charge < -0.3 is 19.4 Å². The van der Waals surface area contributed by atoms with E-state index in [-0.39, 0.29) is 5.91 Å². The van der Waals surface area contributed by atoms with Crippen molar-refractivity contribution in [1.82, 2.24) is 9.88 Å². The summed E-state index contributed by atoms with van der Waals surface area (Å²) < 4.78 is 10.5. The number of methoxy groups -OCH3 is 2. The van der Waals surface area contributed by atoms with Crippen molar-refractivity contribution in [3.05, 3.63) is 59.3 Å². The van der Waals surface area contributed by atoms with E-state index in [1.54, 1.807) is 14.2 Å². The van der Waals surface area contributed by atoms with Crippen molar-refractivity contribution in [3.63, 3.8) is 0 Å². The number of rotatable bonds is 3. The zero-order valence-corrected chi connectivity index (χ0v) is 14.3. The fraction of sp³-hybridized carbons (Fsp3) is 0.250. The molecule has 0 aliphatic carbocycles. The minimum Gasteiger partial charge on any atom is -0.497 e. The van der Waals surface area contributed by atoms with Gasteiger partial charge in [-0.3, -0.25) is 4.79 Å². The average molecular weight is 336 g/mol. The van der Waals surface area contributed by atoms with Crippen LogP contribution in [-0.2, 0) is 13.0 Å². The summed E-state index contributed by atoms with van der Waals surface area (Å²) in [6, 6.07) is 13.3. The highest BCUT2D eigenvalue weighted by Crippen LogP contribution is 2.31. The number of ether oxygens (including phenoxy) is 2. The number of fused-ring (bicyclic) bond motifs is 3. The van der Waals surface area contributed by atoms with Gasteiger partial charge in [0.05, 0.1) is 14.2 Å². The molecule has 1 aromatic heterocycles. The third-order valence-electron chi connectivity index (χ3n) is 4.81. The molecule has 0 atom stereocenters. The summed E-state index contributed by atoms with van der Waals surface area (Å²) in [7, 11) is 3.29. The van der Waals surface area contributed by atoms with Gasteiger partial charge in [0.25, 0.3) is 5.91 Å². The molecule has 3 aromatic rings. The highest BCUT2D eigenvalue weighted by Gasteiger charge is 2.25. The third kappa shape index (κ3) is 2.71. The highest BCUT2D eigenvalue weighted by atomic mass is 16.5. The van der Waals surface area contributed by atoms with E-state index in [2.05, 4.69) is 4.98 Å². The number of aromatic amines is 1. The minimum absolute atomic E-state index is 0.0468. The van der Waals surface area contributed by atoms with Crippen LogP contribution >= 0.6 is 0 Å². The molecule has 5 nitrogen and oxygen atoms in total. The molecule has 5 heteroatoms. The Morgan fingerprint density at radius 2 is 1.76 bits per heavy atom. The van der Waals surface area contributed by atoms with Gasteiger partial charge in [0, 0.05) is 47.2 Å². The van der Waals surface area contributed by atoms with Gasteiger partial charge in [-0.1, -0.05) is 0 Å². The van der Waals surface area contributed by atoms with E-state index in [9.17, 15) is 4.79 Å². The maximum absolute atomic E-state index is 12.8. The Hall–Kier alpha value is -2.95. The van der Waals surface area contributed by atoms with Gasteiger partial charge in [-0.25, -0.2) is 0 Å². The molecule has 0 saturated heterocycles. The van der Waals surface area contributed by atoms with Crippen LogP contribution in [0.4, 0.5) is 0 Å². The number of nitrogens with one attached hydrogen (secondary N) is 1. The quantitative estimate of drug-likeness (QED) is 0.798. The van der Waals surface area contributed by atoms with Gasteiger partial charge in [-0.15, -0.1) is 0 Å². The number of aromatic nitrogens is 1. The molecule has 0 radical (unpaired) electrons. The molecule has 2 heterocycles. The lowest BCUT2D eigenvalue weighted by atomic mass is 10.0. The molecule has 2 aromatic carbocycles. The Labute approximate surface area is 146 Å². The third-order valence-corrected chi connectivity index (χ3v) is 4.81. The summed E-state index contributed by atoms with van der Waals surface area (Å²) in [6.45, 7) is 1.31. The molecule has 4 rings (SSSR count). The standard InChI is InChI=1S/C20H20N2O3/c1-24-14-5-3-13(4-6-14)20(23)22-10-9-19-17(12-22)16-11-15(25-2)7-8-18(16)21-19/h3-8,11,21H,9-10,12H2,1-2H3. The van der Waals surface area contributed by atoms with Crippen LogP contribution in [0.3, 0.4) is 0 Å².